The van der Waals surface area contributed by atoms with Gasteiger partial charge in [0.2, 0.25) is 0 Å². The first-order valence-electron chi connectivity index (χ1n) is 9.72. The van der Waals surface area contributed by atoms with Crippen molar-refractivity contribution in [2.45, 2.75) is 6.92 Å². The third-order valence-electron chi connectivity index (χ3n) is 5.09. The lowest BCUT2D eigenvalue weighted by Crippen LogP contribution is -2.14. The van der Waals surface area contributed by atoms with E-state index in [-0.39, 0.29) is 11.7 Å². The molecule has 0 saturated carbocycles. The zero-order chi connectivity index (χ0) is 21.5. The molecule has 31 heavy (non-hydrogen) atoms. The van der Waals surface area contributed by atoms with Crippen LogP contribution in [0.25, 0.3) is 27.9 Å². The number of nitrogens with one attached hydrogen (secondary N) is 1. The van der Waals surface area contributed by atoms with Crippen molar-refractivity contribution in [2.24, 2.45) is 0 Å². The average Bonchev–Trinajstić information content (AvgIpc) is 3.03. The number of para-hydroxylation sites is 2. The Hall–Kier alpha value is -3.71. The Kier molecular flexibility index (Phi) is 4.67. The van der Waals surface area contributed by atoms with Crippen LogP contribution in [0, 0.1) is 6.92 Å². The number of aromatic nitrogens is 3. The molecule has 5 aromatic rings. The Morgan fingerprint density at radius 2 is 1.68 bits per heavy atom. The lowest BCUT2D eigenvalue weighted by atomic mass is 10.2. The van der Waals surface area contributed by atoms with Gasteiger partial charge < -0.3 is 11.1 Å². The number of rotatable bonds is 3. The van der Waals surface area contributed by atoms with E-state index in [0.717, 1.165) is 21.2 Å². The predicted octanol–water partition coefficient (Wildman–Crippen LogP) is 5.48. The third-order valence-corrected chi connectivity index (χ3v) is 5.61. The van der Waals surface area contributed by atoms with Crippen molar-refractivity contribution in [3.05, 3.63) is 88.4 Å². The number of nitrogens with two attached hydrogens (primary N) is 1. The summed E-state index contributed by atoms with van der Waals surface area (Å²) in [4.78, 5) is 22.9. The second-order valence-electron chi connectivity index (χ2n) is 7.28. The van der Waals surface area contributed by atoms with E-state index >= 15 is 0 Å². The molecule has 3 N–H and O–H groups in total. The number of anilines is 2. The smallest absolute Gasteiger partial charge is 0.261 e. The number of fused-ring (bicyclic) bond motifs is 2. The molecule has 0 bridgehead atoms. The quantitative estimate of drug-likeness (QED) is 0.364. The Bertz CT molecular complexity index is 1460. The van der Waals surface area contributed by atoms with Crippen molar-refractivity contribution in [1.29, 1.82) is 0 Å². The highest BCUT2D eigenvalue weighted by molar-refractivity contribution is 9.10. The molecular formula is C24H18BrN5O. The summed E-state index contributed by atoms with van der Waals surface area (Å²) in [5, 5.41) is 2.95. The number of amides is 1. The maximum Gasteiger partial charge on any atom is 0.261 e. The minimum atomic E-state index is -0.325. The second kappa shape index (κ2) is 7.52. The van der Waals surface area contributed by atoms with E-state index in [1.54, 1.807) is 4.57 Å². The zero-order valence-corrected chi connectivity index (χ0v) is 18.2. The number of nitrogen functional groups attached to an aromatic ring is 1. The van der Waals surface area contributed by atoms with E-state index < -0.39 is 0 Å². The van der Waals surface area contributed by atoms with Crippen LogP contribution < -0.4 is 11.1 Å². The highest BCUT2D eigenvalue weighted by Gasteiger charge is 2.25. The van der Waals surface area contributed by atoms with Gasteiger partial charge in [-0.2, -0.15) is 0 Å². The second-order valence-corrected chi connectivity index (χ2v) is 8.20. The van der Waals surface area contributed by atoms with Crippen molar-refractivity contribution in [1.82, 2.24) is 14.5 Å². The van der Waals surface area contributed by atoms with E-state index in [2.05, 4.69) is 21.2 Å². The van der Waals surface area contributed by atoms with Crippen molar-refractivity contribution >= 4 is 55.5 Å². The van der Waals surface area contributed by atoms with Gasteiger partial charge in [-0.15, -0.1) is 0 Å². The van der Waals surface area contributed by atoms with Crippen LogP contribution in [0.5, 0.6) is 0 Å². The minimum absolute atomic E-state index is 0.290. The first kappa shape index (κ1) is 19.3. The summed E-state index contributed by atoms with van der Waals surface area (Å²) in [7, 11) is 0. The Morgan fingerprint density at radius 1 is 0.968 bits per heavy atom. The summed E-state index contributed by atoms with van der Waals surface area (Å²) >= 11 is 3.46. The molecule has 0 atom stereocenters. The van der Waals surface area contributed by atoms with Crippen LogP contribution in [0.2, 0.25) is 0 Å². The van der Waals surface area contributed by atoms with Crippen LogP contribution in [0.15, 0.2) is 77.3 Å². The number of hydrogen-bond donors (Lipinski definition) is 2. The first-order valence-corrected chi connectivity index (χ1v) is 10.5. The molecule has 0 aliphatic heterocycles. The molecule has 0 unspecified atom stereocenters. The number of benzene rings is 3. The molecule has 0 aliphatic rings. The van der Waals surface area contributed by atoms with Gasteiger partial charge in [-0.1, -0.05) is 40.2 Å². The molecule has 3 aromatic carbocycles. The topological polar surface area (TPSA) is 85.8 Å². The van der Waals surface area contributed by atoms with E-state index in [1.807, 2.05) is 79.7 Å². The SMILES string of the molecule is Cc1cccc(NC(=O)c2c(N)n(-c3ccc(Br)cc3)c3nc4ccccc4nc23)c1. The summed E-state index contributed by atoms with van der Waals surface area (Å²) in [6, 6.07) is 22.9. The lowest BCUT2D eigenvalue weighted by Gasteiger charge is -2.09. The molecule has 0 fully saturated rings. The molecular weight excluding hydrogens is 454 g/mol. The Balaban J connectivity index is 1.75. The van der Waals surface area contributed by atoms with Gasteiger partial charge in [0.15, 0.2) is 5.65 Å². The van der Waals surface area contributed by atoms with E-state index in [0.29, 0.717) is 27.9 Å². The van der Waals surface area contributed by atoms with Crippen molar-refractivity contribution in [2.75, 3.05) is 11.1 Å². The van der Waals surface area contributed by atoms with Gasteiger partial charge in [-0.3, -0.25) is 9.36 Å². The van der Waals surface area contributed by atoms with Crippen molar-refractivity contribution in [3.8, 4) is 5.69 Å². The van der Waals surface area contributed by atoms with Crippen molar-refractivity contribution < 1.29 is 4.79 Å². The molecule has 0 saturated heterocycles. The molecule has 1 amide bonds. The summed E-state index contributed by atoms with van der Waals surface area (Å²) in [6.07, 6.45) is 0. The number of halogens is 1. The molecule has 2 aromatic heterocycles. The van der Waals surface area contributed by atoms with Crippen LogP contribution in [0.1, 0.15) is 15.9 Å². The highest BCUT2D eigenvalue weighted by Crippen LogP contribution is 2.32. The predicted molar refractivity (Wildman–Crippen MR) is 128 cm³/mol. The summed E-state index contributed by atoms with van der Waals surface area (Å²) in [5.74, 6) is -0.0358. The van der Waals surface area contributed by atoms with Crippen LogP contribution >= 0.6 is 15.9 Å². The van der Waals surface area contributed by atoms with Gasteiger partial charge in [-0.25, -0.2) is 9.97 Å². The van der Waals surface area contributed by atoms with Gasteiger partial charge >= 0.3 is 0 Å². The Labute approximate surface area is 186 Å². The van der Waals surface area contributed by atoms with E-state index in [4.69, 9.17) is 15.7 Å². The van der Waals surface area contributed by atoms with Gasteiger partial charge in [-0.05, 0) is 61.0 Å². The first-order chi connectivity index (χ1) is 15.0. The van der Waals surface area contributed by atoms with Crippen molar-refractivity contribution in [3.63, 3.8) is 0 Å². The molecule has 0 spiro atoms. The van der Waals surface area contributed by atoms with Crippen LogP contribution in [0.4, 0.5) is 11.5 Å². The number of nitrogens with zero attached hydrogens (tertiary/aromatic N) is 3. The number of aryl methyl sites for hydroxylation is 1. The average molecular weight is 472 g/mol. The monoisotopic (exact) mass is 471 g/mol. The molecule has 2 heterocycles. The van der Waals surface area contributed by atoms with E-state index in [1.165, 1.54) is 0 Å². The maximum atomic E-state index is 13.3. The summed E-state index contributed by atoms with van der Waals surface area (Å²) in [5.41, 5.74) is 11.8. The molecule has 152 valence electrons. The normalized spacial score (nSPS) is 11.2. The van der Waals surface area contributed by atoms with Gasteiger partial charge in [0.1, 0.15) is 16.9 Å². The molecule has 0 radical (unpaired) electrons. The third kappa shape index (κ3) is 3.43. The minimum Gasteiger partial charge on any atom is -0.384 e. The largest absolute Gasteiger partial charge is 0.384 e. The highest BCUT2D eigenvalue weighted by atomic mass is 79.9. The molecule has 7 heteroatoms. The molecule has 6 nitrogen and oxygen atoms in total. The van der Waals surface area contributed by atoms with Crippen LogP contribution in [-0.4, -0.2) is 20.4 Å². The molecule has 0 aliphatic carbocycles. The lowest BCUT2D eigenvalue weighted by molar-refractivity contribution is 0.102. The van der Waals surface area contributed by atoms with Gasteiger partial charge in [0.25, 0.3) is 5.91 Å². The maximum absolute atomic E-state index is 13.3. The van der Waals surface area contributed by atoms with Gasteiger partial charge in [0, 0.05) is 15.8 Å². The standard InChI is InChI=1S/C24H18BrN5O/c1-14-5-4-6-16(13-14)27-24(31)20-21-23(29-19-8-3-2-7-18(19)28-21)30(22(20)26)17-11-9-15(25)10-12-17/h2-13H,26H2,1H3,(H,27,31). The number of hydrogen-bond acceptors (Lipinski definition) is 4. The molecule has 5 rings (SSSR count). The zero-order valence-electron chi connectivity index (χ0n) is 16.6. The summed E-state index contributed by atoms with van der Waals surface area (Å²) < 4.78 is 2.71. The fourth-order valence-electron chi connectivity index (χ4n) is 3.65. The number of carbonyl (C=O) groups is 1. The number of carbonyl (C=O) groups excluding carboxylic acids is 1. The van der Waals surface area contributed by atoms with E-state index in [9.17, 15) is 4.79 Å². The van der Waals surface area contributed by atoms with Gasteiger partial charge in [0.05, 0.1) is 11.0 Å². The fourth-order valence-corrected chi connectivity index (χ4v) is 3.92. The fraction of sp³-hybridized carbons (Fsp3) is 0.0417. The van der Waals surface area contributed by atoms with Crippen LogP contribution in [-0.2, 0) is 0 Å². The van der Waals surface area contributed by atoms with Crippen LogP contribution in [0.3, 0.4) is 0 Å². The Morgan fingerprint density at radius 3 is 2.39 bits per heavy atom. The summed E-state index contributed by atoms with van der Waals surface area (Å²) in [6.45, 7) is 1.97.